The molecule has 2 heteroatoms. The van der Waals surface area contributed by atoms with Crippen LogP contribution in [-0.4, -0.2) is 13.2 Å². The van der Waals surface area contributed by atoms with E-state index in [1.807, 2.05) is 0 Å². The van der Waals surface area contributed by atoms with E-state index in [1.54, 1.807) is 7.11 Å². The van der Waals surface area contributed by atoms with E-state index in [9.17, 15) is 0 Å². The monoisotopic (exact) mass is 205 g/mol. The highest BCUT2D eigenvalue weighted by atomic mass is 16.5. The van der Waals surface area contributed by atoms with Gasteiger partial charge in [0.2, 0.25) is 0 Å². The fourth-order valence-corrected chi connectivity index (χ4v) is 1.89. The summed E-state index contributed by atoms with van der Waals surface area (Å²) >= 11 is 0. The summed E-state index contributed by atoms with van der Waals surface area (Å²) in [6.07, 6.45) is 2.64. The number of benzene rings is 1. The smallest absolute Gasteiger partial charge is 0.123 e. The minimum atomic E-state index is 0.382. The molecule has 1 aliphatic carbocycles. The lowest BCUT2D eigenvalue weighted by Crippen LogP contribution is -2.21. The average molecular weight is 205 g/mol. The molecule has 0 spiro atoms. The summed E-state index contributed by atoms with van der Waals surface area (Å²) in [5.74, 6) is 0.987. The van der Waals surface area contributed by atoms with Crippen molar-refractivity contribution in [3.05, 3.63) is 29.3 Å². The Labute approximate surface area is 91.6 Å². The SMILES string of the molecule is COc1ccc(C)cc1[C@H](C)NC1CC1. The largest absolute Gasteiger partial charge is 0.496 e. The summed E-state index contributed by atoms with van der Waals surface area (Å²) in [5, 5.41) is 3.59. The first-order valence-electron chi connectivity index (χ1n) is 5.61. The minimum absolute atomic E-state index is 0.382. The van der Waals surface area contributed by atoms with Crippen LogP contribution >= 0.6 is 0 Å². The number of hydrogen-bond acceptors (Lipinski definition) is 2. The Bertz CT molecular complexity index is 344. The van der Waals surface area contributed by atoms with E-state index < -0.39 is 0 Å². The quantitative estimate of drug-likeness (QED) is 0.816. The lowest BCUT2D eigenvalue weighted by Gasteiger charge is -2.17. The van der Waals surface area contributed by atoms with Gasteiger partial charge in [-0.3, -0.25) is 0 Å². The number of hydrogen-bond donors (Lipinski definition) is 1. The highest BCUT2D eigenvalue weighted by molar-refractivity contribution is 5.39. The van der Waals surface area contributed by atoms with Crippen LogP contribution in [0.4, 0.5) is 0 Å². The van der Waals surface area contributed by atoms with Crippen LogP contribution in [0.3, 0.4) is 0 Å². The molecule has 2 nitrogen and oxygen atoms in total. The highest BCUT2D eigenvalue weighted by Gasteiger charge is 2.24. The molecule has 0 saturated heterocycles. The van der Waals surface area contributed by atoms with E-state index >= 15 is 0 Å². The van der Waals surface area contributed by atoms with Crippen molar-refractivity contribution < 1.29 is 4.74 Å². The van der Waals surface area contributed by atoms with Crippen LogP contribution in [0.2, 0.25) is 0 Å². The molecule has 1 N–H and O–H groups in total. The predicted octanol–water partition coefficient (Wildman–Crippen LogP) is 2.82. The van der Waals surface area contributed by atoms with Gasteiger partial charge in [0, 0.05) is 17.6 Å². The van der Waals surface area contributed by atoms with Crippen LogP contribution in [0.25, 0.3) is 0 Å². The maximum absolute atomic E-state index is 5.38. The number of ether oxygens (including phenoxy) is 1. The lowest BCUT2D eigenvalue weighted by molar-refractivity contribution is 0.401. The van der Waals surface area contributed by atoms with Crippen molar-refractivity contribution in [3.63, 3.8) is 0 Å². The van der Waals surface area contributed by atoms with Gasteiger partial charge in [0.05, 0.1) is 7.11 Å². The van der Waals surface area contributed by atoms with Gasteiger partial charge in [-0.25, -0.2) is 0 Å². The Morgan fingerprint density at radius 3 is 2.73 bits per heavy atom. The van der Waals surface area contributed by atoms with Crippen LogP contribution in [0.1, 0.15) is 36.9 Å². The third-order valence-corrected chi connectivity index (χ3v) is 2.91. The standard InChI is InChI=1S/C13H19NO/c1-9-4-7-13(15-3)12(8-9)10(2)14-11-5-6-11/h4,7-8,10-11,14H,5-6H2,1-3H3/t10-/m0/s1. The van der Waals surface area contributed by atoms with Crippen molar-refractivity contribution >= 4 is 0 Å². The van der Waals surface area contributed by atoms with E-state index in [0.717, 1.165) is 11.8 Å². The molecule has 0 radical (unpaired) electrons. The van der Waals surface area contributed by atoms with E-state index in [1.165, 1.54) is 24.0 Å². The molecule has 0 aromatic heterocycles. The number of rotatable bonds is 4. The van der Waals surface area contributed by atoms with Gasteiger partial charge >= 0.3 is 0 Å². The van der Waals surface area contributed by atoms with E-state index in [2.05, 4.69) is 37.4 Å². The summed E-state index contributed by atoms with van der Waals surface area (Å²) in [6, 6.07) is 7.46. The molecule has 82 valence electrons. The van der Waals surface area contributed by atoms with Crippen molar-refractivity contribution in [1.82, 2.24) is 5.32 Å². The molecule has 1 aromatic rings. The van der Waals surface area contributed by atoms with Crippen LogP contribution in [0.15, 0.2) is 18.2 Å². The Balaban J connectivity index is 2.18. The van der Waals surface area contributed by atoms with Crippen molar-refractivity contribution in [2.24, 2.45) is 0 Å². The molecule has 15 heavy (non-hydrogen) atoms. The number of aryl methyl sites for hydroxylation is 1. The van der Waals surface area contributed by atoms with Gasteiger partial charge in [0.15, 0.2) is 0 Å². The van der Waals surface area contributed by atoms with Gasteiger partial charge in [0.1, 0.15) is 5.75 Å². The zero-order valence-corrected chi connectivity index (χ0v) is 9.71. The van der Waals surface area contributed by atoms with Crippen molar-refractivity contribution in [1.29, 1.82) is 0 Å². The molecular weight excluding hydrogens is 186 g/mol. The average Bonchev–Trinajstić information content (AvgIpc) is 3.01. The predicted molar refractivity (Wildman–Crippen MR) is 62.3 cm³/mol. The summed E-state index contributed by atoms with van der Waals surface area (Å²) in [5.41, 5.74) is 2.56. The molecule has 0 bridgehead atoms. The molecule has 0 unspecified atom stereocenters. The van der Waals surface area contributed by atoms with Gasteiger partial charge in [-0.15, -0.1) is 0 Å². The second-order valence-electron chi connectivity index (χ2n) is 4.41. The molecule has 0 aliphatic heterocycles. The molecular formula is C13H19NO. The first-order valence-corrected chi connectivity index (χ1v) is 5.61. The fraction of sp³-hybridized carbons (Fsp3) is 0.538. The summed E-state index contributed by atoms with van der Waals surface area (Å²) in [4.78, 5) is 0. The zero-order chi connectivity index (χ0) is 10.8. The molecule has 1 fully saturated rings. The third kappa shape index (κ3) is 2.51. The lowest BCUT2D eigenvalue weighted by atomic mass is 10.0. The first kappa shape index (κ1) is 10.5. The molecule has 1 atom stereocenters. The second-order valence-corrected chi connectivity index (χ2v) is 4.41. The normalized spacial score (nSPS) is 17.5. The molecule has 0 heterocycles. The van der Waals surface area contributed by atoms with Crippen molar-refractivity contribution in [3.8, 4) is 5.75 Å². The van der Waals surface area contributed by atoms with Crippen LogP contribution in [0.5, 0.6) is 5.75 Å². The second kappa shape index (κ2) is 4.23. The molecule has 1 aliphatic rings. The van der Waals surface area contributed by atoms with E-state index in [4.69, 9.17) is 4.74 Å². The van der Waals surface area contributed by atoms with Gasteiger partial charge in [-0.1, -0.05) is 17.7 Å². The van der Waals surface area contributed by atoms with Crippen LogP contribution in [-0.2, 0) is 0 Å². The van der Waals surface area contributed by atoms with Crippen molar-refractivity contribution in [2.45, 2.75) is 38.8 Å². The minimum Gasteiger partial charge on any atom is -0.496 e. The molecule has 0 amide bonds. The Morgan fingerprint density at radius 2 is 2.13 bits per heavy atom. The fourth-order valence-electron chi connectivity index (χ4n) is 1.89. The topological polar surface area (TPSA) is 21.3 Å². The summed E-state index contributed by atoms with van der Waals surface area (Å²) in [6.45, 7) is 4.32. The summed E-state index contributed by atoms with van der Waals surface area (Å²) < 4.78 is 5.38. The van der Waals surface area contributed by atoms with Gasteiger partial charge in [-0.2, -0.15) is 0 Å². The molecule has 2 rings (SSSR count). The summed E-state index contributed by atoms with van der Waals surface area (Å²) in [7, 11) is 1.73. The third-order valence-electron chi connectivity index (χ3n) is 2.91. The maximum Gasteiger partial charge on any atom is 0.123 e. The van der Waals surface area contributed by atoms with E-state index in [-0.39, 0.29) is 0 Å². The Morgan fingerprint density at radius 1 is 1.40 bits per heavy atom. The van der Waals surface area contributed by atoms with Crippen LogP contribution < -0.4 is 10.1 Å². The Kier molecular flexibility index (Phi) is 2.96. The van der Waals surface area contributed by atoms with Gasteiger partial charge in [-0.05, 0) is 32.8 Å². The van der Waals surface area contributed by atoms with Crippen LogP contribution in [0, 0.1) is 6.92 Å². The maximum atomic E-state index is 5.38. The number of nitrogens with one attached hydrogen (secondary N) is 1. The molecule has 1 saturated carbocycles. The first-order chi connectivity index (χ1) is 7.20. The zero-order valence-electron chi connectivity index (χ0n) is 9.71. The van der Waals surface area contributed by atoms with E-state index in [0.29, 0.717) is 6.04 Å². The highest BCUT2D eigenvalue weighted by Crippen LogP contribution is 2.29. The molecule has 1 aromatic carbocycles. The Hall–Kier alpha value is -1.02. The van der Waals surface area contributed by atoms with Gasteiger partial charge in [0.25, 0.3) is 0 Å². The van der Waals surface area contributed by atoms with Crippen molar-refractivity contribution in [2.75, 3.05) is 7.11 Å². The number of methoxy groups -OCH3 is 1. The van der Waals surface area contributed by atoms with Gasteiger partial charge < -0.3 is 10.1 Å².